The Labute approximate surface area is 131 Å². The van der Waals surface area contributed by atoms with Crippen molar-refractivity contribution in [3.05, 3.63) is 92.8 Å². The van der Waals surface area contributed by atoms with Crippen LogP contribution in [-0.2, 0) is 6.54 Å². The third-order valence-electron chi connectivity index (χ3n) is 3.39. The Hall–Kier alpha value is -3.28. The van der Waals surface area contributed by atoms with Crippen molar-refractivity contribution >= 4 is 5.69 Å². The molecule has 0 spiro atoms. The summed E-state index contributed by atoms with van der Waals surface area (Å²) in [5, 5.41) is 15.2. The molecule has 3 rings (SSSR count). The smallest absolute Gasteiger partial charge is 0.268 e. The predicted octanol–water partition coefficient (Wildman–Crippen LogP) is 2.87. The lowest BCUT2D eigenvalue weighted by Gasteiger charge is -2.07. The second-order valence-corrected chi connectivity index (χ2v) is 5.01. The molecule has 0 radical (unpaired) electrons. The SMILES string of the molecule is O=c1ccc(-c2cccc([N+](=O)[O-])c2)nn1Cc1ccccc1. The minimum absolute atomic E-state index is 0.00916. The first-order valence-corrected chi connectivity index (χ1v) is 7.00. The normalized spacial score (nSPS) is 10.4. The molecule has 0 saturated heterocycles. The Bertz CT molecular complexity index is 904. The van der Waals surface area contributed by atoms with Crippen LogP contribution in [0.25, 0.3) is 11.3 Å². The van der Waals surface area contributed by atoms with E-state index in [-0.39, 0.29) is 11.2 Å². The molecule has 0 amide bonds. The Morgan fingerprint density at radius 2 is 1.78 bits per heavy atom. The predicted molar refractivity (Wildman–Crippen MR) is 86.1 cm³/mol. The van der Waals surface area contributed by atoms with Gasteiger partial charge in [0.1, 0.15) is 0 Å². The molecule has 114 valence electrons. The van der Waals surface area contributed by atoms with Gasteiger partial charge in [-0.25, -0.2) is 4.68 Å². The molecule has 0 aliphatic heterocycles. The molecule has 23 heavy (non-hydrogen) atoms. The van der Waals surface area contributed by atoms with E-state index in [4.69, 9.17) is 0 Å². The highest BCUT2D eigenvalue weighted by atomic mass is 16.6. The fraction of sp³-hybridized carbons (Fsp3) is 0.0588. The first-order valence-electron chi connectivity index (χ1n) is 7.00. The summed E-state index contributed by atoms with van der Waals surface area (Å²) in [5.41, 5.74) is 1.84. The summed E-state index contributed by atoms with van der Waals surface area (Å²) < 4.78 is 1.35. The minimum atomic E-state index is -0.455. The molecule has 3 aromatic rings. The molecular formula is C17H13N3O3. The molecule has 0 unspecified atom stereocenters. The number of nitrogens with zero attached hydrogens (tertiary/aromatic N) is 3. The van der Waals surface area contributed by atoms with Crippen molar-refractivity contribution < 1.29 is 4.92 Å². The number of nitro groups is 1. The van der Waals surface area contributed by atoms with Crippen molar-refractivity contribution in [2.24, 2.45) is 0 Å². The van der Waals surface area contributed by atoms with Crippen LogP contribution in [0.3, 0.4) is 0 Å². The van der Waals surface area contributed by atoms with Crippen molar-refractivity contribution in [1.82, 2.24) is 9.78 Å². The molecule has 0 aliphatic rings. The van der Waals surface area contributed by atoms with Crippen LogP contribution in [0.15, 0.2) is 71.5 Å². The molecular weight excluding hydrogens is 294 g/mol. The van der Waals surface area contributed by atoms with Crippen LogP contribution in [-0.4, -0.2) is 14.7 Å². The van der Waals surface area contributed by atoms with Gasteiger partial charge in [-0.15, -0.1) is 0 Å². The second-order valence-electron chi connectivity index (χ2n) is 5.01. The van der Waals surface area contributed by atoms with E-state index in [0.29, 0.717) is 17.8 Å². The van der Waals surface area contributed by atoms with Crippen LogP contribution in [0.4, 0.5) is 5.69 Å². The summed E-state index contributed by atoms with van der Waals surface area (Å²) >= 11 is 0. The van der Waals surface area contributed by atoms with E-state index in [1.165, 1.54) is 22.9 Å². The number of hydrogen-bond acceptors (Lipinski definition) is 4. The fourth-order valence-electron chi connectivity index (χ4n) is 2.25. The van der Waals surface area contributed by atoms with E-state index in [1.807, 2.05) is 30.3 Å². The average molecular weight is 307 g/mol. The standard InChI is InChI=1S/C17H13N3O3/c21-17-10-9-16(14-7-4-8-15(11-14)20(22)23)18-19(17)12-13-5-2-1-3-6-13/h1-11H,12H2. The van der Waals surface area contributed by atoms with Gasteiger partial charge in [-0.1, -0.05) is 42.5 Å². The van der Waals surface area contributed by atoms with Gasteiger partial charge in [0.05, 0.1) is 17.2 Å². The lowest BCUT2D eigenvalue weighted by Crippen LogP contribution is -2.22. The summed E-state index contributed by atoms with van der Waals surface area (Å²) in [6, 6.07) is 18.7. The molecule has 0 N–H and O–H groups in total. The molecule has 1 heterocycles. The molecule has 1 aromatic heterocycles. The van der Waals surface area contributed by atoms with Gasteiger partial charge in [0.2, 0.25) is 0 Å². The van der Waals surface area contributed by atoms with Crippen molar-refractivity contribution in [2.45, 2.75) is 6.54 Å². The zero-order valence-corrected chi connectivity index (χ0v) is 12.1. The summed E-state index contributed by atoms with van der Waals surface area (Å²) in [6.45, 7) is 0.350. The van der Waals surface area contributed by atoms with Crippen LogP contribution in [0.2, 0.25) is 0 Å². The first-order chi connectivity index (χ1) is 11.1. The van der Waals surface area contributed by atoms with Crippen molar-refractivity contribution in [3.63, 3.8) is 0 Å². The fourth-order valence-corrected chi connectivity index (χ4v) is 2.25. The summed E-state index contributed by atoms with van der Waals surface area (Å²) in [4.78, 5) is 22.4. The summed E-state index contributed by atoms with van der Waals surface area (Å²) in [6.07, 6.45) is 0. The Kier molecular flexibility index (Phi) is 3.97. The quantitative estimate of drug-likeness (QED) is 0.548. The summed E-state index contributed by atoms with van der Waals surface area (Å²) in [5.74, 6) is 0. The monoisotopic (exact) mass is 307 g/mol. The largest absolute Gasteiger partial charge is 0.270 e. The second kappa shape index (κ2) is 6.23. The molecule has 6 nitrogen and oxygen atoms in total. The van der Waals surface area contributed by atoms with Crippen LogP contribution in [0.1, 0.15) is 5.56 Å². The van der Waals surface area contributed by atoms with Gasteiger partial charge in [-0.05, 0) is 11.6 Å². The maximum atomic E-state index is 12.0. The highest BCUT2D eigenvalue weighted by Gasteiger charge is 2.09. The van der Waals surface area contributed by atoms with E-state index >= 15 is 0 Å². The topological polar surface area (TPSA) is 78.0 Å². The number of non-ortho nitro benzene ring substituents is 1. The van der Waals surface area contributed by atoms with Crippen LogP contribution in [0, 0.1) is 10.1 Å². The van der Waals surface area contributed by atoms with E-state index in [9.17, 15) is 14.9 Å². The Balaban J connectivity index is 1.99. The van der Waals surface area contributed by atoms with Gasteiger partial charge in [0.15, 0.2) is 0 Å². The van der Waals surface area contributed by atoms with Gasteiger partial charge in [-0.3, -0.25) is 14.9 Å². The molecule has 2 aromatic carbocycles. The van der Waals surface area contributed by atoms with Gasteiger partial charge >= 0.3 is 0 Å². The lowest BCUT2D eigenvalue weighted by atomic mass is 10.1. The van der Waals surface area contributed by atoms with Crippen LogP contribution < -0.4 is 5.56 Å². The zero-order chi connectivity index (χ0) is 16.2. The molecule has 0 fully saturated rings. The number of aromatic nitrogens is 2. The van der Waals surface area contributed by atoms with E-state index in [1.54, 1.807) is 18.2 Å². The van der Waals surface area contributed by atoms with Gasteiger partial charge < -0.3 is 0 Å². The molecule has 0 bridgehead atoms. The van der Waals surface area contributed by atoms with Gasteiger partial charge in [0, 0.05) is 23.8 Å². The number of benzene rings is 2. The van der Waals surface area contributed by atoms with Crippen LogP contribution >= 0.6 is 0 Å². The maximum absolute atomic E-state index is 12.0. The maximum Gasteiger partial charge on any atom is 0.270 e. The molecule has 0 saturated carbocycles. The van der Waals surface area contributed by atoms with Gasteiger partial charge in [0.25, 0.3) is 11.2 Å². The highest BCUT2D eigenvalue weighted by Crippen LogP contribution is 2.21. The third-order valence-corrected chi connectivity index (χ3v) is 3.39. The minimum Gasteiger partial charge on any atom is -0.268 e. The van der Waals surface area contributed by atoms with E-state index in [2.05, 4.69) is 5.10 Å². The van der Waals surface area contributed by atoms with Crippen molar-refractivity contribution in [2.75, 3.05) is 0 Å². The first kappa shape index (κ1) is 14.6. The van der Waals surface area contributed by atoms with Crippen molar-refractivity contribution in [3.8, 4) is 11.3 Å². The van der Waals surface area contributed by atoms with Gasteiger partial charge in [-0.2, -0.15) is 5.10 Å². The highest BCUT2D eigenvalue weighted by molar-refractivity contribution is 5.61. The third kappa shape index (κ3) is 3.32. The zero-order valence-electron chi connectivity index (χ0n) is 12.1. The molecule has 0 atom stereocenters. The molecule has 6 heteroatoms. The van der Waals surface area contributed by atoms with Crippen LogP contribution in [0.5, 0.6) is 0 Å². The number of nitro benzene ring substituents is 1. The van der Waals surface area contributed by atoms with E-state index in [0.717, 1.165) is 5.56 Å². The Morgan fingerprint density at radius 3 is 2.52 bits per heavy atom. The lowest BCUT2D eigenvalue weighted by molar-refractivity contribution is -0.384. The van der Waals surface area contributed by atoms with E-state index < -0.39 is 4.92 Å². The summed E-state index contributed by atoms with van der Waals surface area (Å²) in [7, 11) is 0. The molecule has 0 aliphatic carbocycles. The van der Waals surface area contributed by atoms with Crippen molar-refractivity contribution in [1.29, 1.82) is 0 Å². The Morgan fingerprint density at radius 1 is 1.00 bits per heavy atom. The average Bonchev–Trinajstić information content (AvgIpc) is 2.58. The number of hydrogen-bond donors (Lipinski definition) is 0. The number of rotatable bonds is 4.